The Morgan fingerprint density at radius 3 is 2.88 bits per heavy atom. The van der Waals surface area contributed by atoms with E-state index in [0.717, 1.165) is 0 Å². The first-order valence-corrected chi connectivity index (χ1v) is 7.34. The number of aromatic amines is 1. The van der Waals surface area contributed by atoms with Gasteiger partial charge in [-0.3, -0.25) is 0 Å². The van der Waals surface area contributed by atoms with Crippen LogP contribution in [-0.4, -0.2) is 33.3 Å². The summed E-state index contributed by atoms with van der Waals surface area (Å²) in [6.45, 7) is 0. The molecule has 3 rings (SSSR count). The highest BCUT2D eigenvalue weighted by Gasteiger charge is 2.12. The van der Waals surface area contributed by atoms with Crippen LogP contribution < -0.4 is 4.74 Å². The maximum absolute atomic E-state index is 14.0. The van der Waals surface area contributed by atoms with Gasteiger partial charge in [0.1, 0.15) is 17.3 Å². The Balaban J connectivity index is 2.04. The van der Waals surface area contributed by atoms with E-state index in [1.165, 1.54) is 30.1 Å². The Hall–Kier alpha value is -3.00. The highest BCUT2D eigenvalue weighted by molar-refractivity contribution is 7.71. The normalized spacial score (nSPS) is 11.1. The predicted octanol–water partition coefficient (Wildman–Crippen LogP) is 3.34. The number of aromatic nitrogens is 3. The molecule has 122 valence electrons. The first kappa shape index (κ1) is 15.9. The van der Waals surface area contributed by atoms with E-state index in [4.69, 9.17) is 17.0 Å². The van der Waals surface area contributed by atoms with Gasteiger partial charge in [0.05, 0.1) is 18.9 Å². The molecule has 0 bridgehead atoms. The summed E-state index contributed by atoms with van der Waals surface area (Å²) < 4.78 is 20.6. The Morgan fingerprint density at radius 1 is 1.33 bits per heavy atom. The first-order chi connectivity index (χ1) is 11.6. The van der Waals surface area contributed by atoms with E-state index in [1.54, 1.807) is 30.3 Å². The lowest BCUT2D eigenvalue weighted by Crippen LogP contribution is -1.97. The van der Waals surface area contributed by atoms with Crippen LogP contribution in [0.25, 0.3) is 11.4 Å². The minimum absolute atomic E-state index is 0.0296. The monoisotopic (exact) mass is 344 g/mol. The summed E-state index contributed by atoms with van der Waals surface area (Å²) in [4.78, 5) is 0. The van der Waals surface area contributed by atoms with Crippen LogP contribution in [0.15, 0.2) is 47.6 Å². The van der Waals surface area contributed by atoms with Crippen molar-refractivity contribution in [1.29, 1.82) is 0 Å². The van der Waals surface area contributed by atoms with E-state index in [-0.39, 0.29) is 21.9 Å². The number of nitrogens with zero attached hydrogens (tertiary/aromatic N) is 3. The van der Waals surface area contributed by atoms with Crippen LogP contribution in [0.3, 0.4) is 0 Å². The minimum Gasteiger partial charge on any atom is -0.507 e. The number of H-pyrrole nitrogens is 1. The molecule has 8 heteroatoms. The number of aromatic hydroxyl groups is 1. The second-order valence-electron chi connectivity index (χ2n) is 4.81. The summed E-state index contributed by atoms with van der Waals surface area (Å²) in [5.74, 6) is 0.394. The lowest BCUT2D eigenvalue weighted by Gasteiger charge is -2.04. The van der Waals surface area contributed by atoms with Crippen molar-refractivity contribution in [2.24, 2.45) is 5.10 Å². The molecule has 0 aliphatic carbocycles. The molecule has 3 aromatic rings. The molecule has 0 saturated carbocycles. The molecule has 0 fully saturated rings. The number of hydrogen-bond donors (Lipinski definition) is 2. The SMILES string of the molecule is COc1ccc(O)c(/C=N/n2c(-c3ccccc3F)n[nH]c2=S)c1. The number of hydrogen-bond acceptors (Lipinski definition) is 5. The molecule has 0 aliphatic rings. The largest absolute Gasteiger partial charge is 0.507 e. The highest BCUT2D eigenvalue weighted by Crippen LogP contribution is 2.23. The van der Waals surface area contributed by atoms with Crippen molar-refractivity contribution in [3.8, 4) is 22.9 Å². The standard InChI is InChI=1S/C16H13FN4O2S/c1-23-11-6-7-14(22)10(8-11)9-18-21-15(19-20-16(21)24)12-4-2-3-5-13(12)17/h2-9,22H,1H3,(H,20,24)/b18-9+. The molecule has 6 nitrogen and oxygen atoms in total. The van der Waals surface area contributed by atoms with Crippen molar-refractivity contribution in [2.75, 3.05) is 7.11 Å². The Morgan fingerprint density at radius 2 is 2.12 bits per heavy atom. The van der Waals surface area contributed by atoms with Gasteiger partial charge in [0, 0.05) is 5.56 Å². The van der Waals surface area contributed by atoms with E-state index in [1.807, 2.05) is 0 Å². The Bertz CT molecular complexity index is 965. The second kappa shape index (κ2) is 6.63. The van der Waals surface area contributed by atoms with Crippen LogP contribution in [0.1, 0.15) is 5.56 Å². The molecule has 0 spiro atoms. The molecule has 1 aromatic heterocycles. The van der Waals surface area contributed by atoms with Crippen molar-refractivity contribution < 1.29 is 14.2 Å². The summed E-state index contributed by atoms with van der Waals surface area (Å²) >= 11 is 5.13. The summed E-state index contributed by atoms with van der Waals surface area (Å²) in [6, 6.07) is 10.9. The molecule has 0 aliphatic heterocycles. The number of methoxy groups -OCH3 is 1. The van der Waals surface area contributed by atoms with Gasteiger partial charge >= 0.3 is 0 Å². The third kappa shape index (κ3) is 3.04. The van der Waals surface area contributed by atoms with E-state index in [9.17, 15) is 9.50 Å². The van der Waals surface area contributed by atoms with E-state index in [2.05, 4.69) is 15.3 Å². The second-order valence-corrected chi connectivity index (χ2v) is 5.20. The molecule has 0 amide bonds. The van der Waals surface area contributed by atoms with Crippen LogP contribution in [0.2, 0.25) is 0 Å². The van der Waals surface area contributed by atoms with Crippen LogP contribution in [-0.2, 0) is 0 Å². The molecule has 2 aromatic carbocycles. The van der Waals surface area contributed by atoms with Gasteiger partial charge in [-0.25, -0.2) is 9.49 Å². The molecular formula is C16H13FN4O2S. The lowest BCUT2D eigenvalue weighted by atomic mass is 10.2. The summed E-state index contributed by atoms with van der Waals surface area (Å²) in [5, 5.41) is 20.7. The maximum Gasteiger partial charge on any atom is 0.216 e. The molecule has 24 heavy (non-hydrogen) atoms. The lowest BCUT2D eigenvalue weighted by molar-refractivity contribution is 0.412. The third-order valence-corrected chi connectivity index (χ3v) is 3.58. The average Bonchev–Trinajstić information content (AvgIpc) is 2.95. The highest BCUT2D eigenvalue weighted by atomic mass is 32.1. The summed E-state index contributed by atoms with van der Waals surface area (Å²) in [7, 11) is 1.52. The van der Waals surface area contributed by atoms with Gasteiger partial charge < -0.3 is 9.84 Å². The average molecular weight is 344 g/mol. The molecule has 1 heterocycles. The fourth-order valence-electron chi connectivity index (χ4n) is 2.10. The van der Waals surface area contributed by atoms with E-state index in [0.29, 0.717) is 11.3 Å². The van der Waals surface area contributed by atoms with Gasteiger partial charge in [-0.05, 0) is 42.5 Å². The zero-order valence-corrected chi connectivity index (χ0v) is 13.4. The van der Waals surface area contributed by atoms with E-state index < -0.39 is 5.82 Å². The van der Waals surface area contributed by atoms with Crippen molar-refractivity contribution >= 4 is 18.4 Å². The molecule has 0 unspecified atom stereocenters. The van der Waals surface area contributed by atoms with Gasteiger partial charge in [0.15, 0.2) is 5.82 Å². The number of benzene rings is 2. The number of ether oxygens (including phenoxy) is 1. The molecule has 0 atom stereocenters. The van der Waals surface area contributed by atoms with Crippen LogP contribution in [0.4, 0.5) is 4.39 Å². The van der Waals surface area contributed by atoms with Crippen molar-refractivity contribution in [2.45, 2.75) is 0 Å². The van der Waals surface area contributed by atoms with Crippen molar-refractivity contribution in [3.05, 3.63) is 58.6 Å². The number of rotatable bonds is 4. The third-order valence-electron chi connectivity index (χ3n) is 3.31. The quantitative estimate of drug-likeness (QED) is 0.562. The number of halogens is 1. The van der Waals surface area contributed by atoms with Crippen molar-refractivity contribution in [3.63, 3.8) is 0 Å². The molecule has 0 radical (unpaired) electrons. The van der Waals surface area contributed by atoms with E-state index >= 15 is 0 Å². The predicted molar refractivity (Wildman–Crippen MR) is 90.5 cm³/mol. The number of phenolic OH excluding ortho intramolecular Hbond substituents is 1. The van der Waals surface area contributed by atoms with Gasteiger partial charge in [-0.2, -0.15) is 14.9 Å². The molecule has 0 saturated heterocycles. The Labute approximate surface area is 141 Å². The fourth-order valence-corrected chi connectivity index (χ4v) is 2.28. The van der Waals surface area contributed by atoms with Crippen molar-refractivity contribution in [1.82, 2.24) is 14.9 Å². The van der Waals surface area contributed by atoms with Gasteiger partial charge in [-0.1, -0.05) is 12.1 Å². The van der Waals surface area contributed by atoms with Gasteiger partial charge in [0.2, 0.25) is 4.77 Å². The minimum atomic E-state index is -0.438. The molecular weight excluding hydrogens is 331 g/mol. The molecule has 2 N–H and O–H groups in total. The van der Waals surface area contributed by atoms with Crippen LogP contribution in [0, 0.1) is 10.6 Å². The first-order valence-electron chi connectivity index (χ1n) is 6.94. The van der Waals surface area contributed by atoms with Crippen LogP contribution in [0.5, 0.6) is 11.5 Å². The fraction of sp³-hybridized carbons (Fsp3) is 0.0625. The number of nitrogens with one attached hydrogen (secondary N) is 1. The smallest absolute Gasteiger partial charge is 0.216 e. The zero-order chi connectivity index (χ0) is 17.1. The topological polar surface area (TPSA) is 75.4 Å². The maximum atomic E-state index is 14.0. The van der Waals surface area contributed by atoms with Gasteiger partial charge in [0.25, 0.3) is 0 Å². The van der Waals surface area contributed by atoms with Crippen LogP contribution >= 0.6 is 12.2 Å². The van der Waals surface area contributed by atoms with Gasteiger partial charge in [-0.15, -0.1) is 0 Å². The zero-order valence-electron chi connectivity index (χ0n) is 12.6. The number of phenols is 1. The Kier molecular flexibility index (Phi) is 4.39. The summed E-state index contributed by atoms with van der Waals surface area (Å²) in [5.41, 5.74) is 0.689. The summed E-state index contributed by atoms with van der Waals surface area (Å²) in [6.07, 6.45) is 1.40.